The van der Waals surface area contributed by atoms with Crippen molar-refractivity contribution in [3.05, 3.63) is 0 Å². The third kappa shape index (κ3) is 6.85. The first-order valence-electron chi connectivity index (χ1n) is 11.9. The summed E-state index contributed by atoms with van der Waals surface area (Å²) in [7, 11) is -0.304. The molecule has 10 heteroatoms. The fourth-order valence-electron chi connectivity index (χ4n) is 4.60. The first-order chi connectivity index (χ1) is 15.0. The molecule has 2 fully saturated rings. The minimum Gasteiger partial charge on any atom is -0.465 e. The van der Waals surface area contributed by atoms with Gasteiger partial charge in [0.25, 0.3) is 0 Å². The summed E-state index contributed by atoms with van der Waals surface area (Å²) in [5.41, 5.74) is -2.33. The Bertz CT molecular complexity index is 729. The van der Waals surface area contributed by atoms with Gasteiger partial charge in [0.2, 0.25) is 11.8 Å². The molecule has 1 saturated carbocycles. The third-order valence-electron chi connectivity index (χ3n) is 7.02. The van der Waals surface area contributed by atoms with Crippen LogP contribution in [-0.2, 0) is 18.9 Å². The zero-order valence-corrected chi connectivity index (χ0v) is 21.5. The van der Waals surface area contributed by atoms with Crippen LogP contribution in [0.2, 0.25) is 6.32 Å². The van der Waals surface area contributed by atoms with E-state index >= 15 is 0 Å². The molecule has 4 N–H and O–H groups in total. The van der Waals surface area contributed by atoms with Gasteiger partial charge in [0, 0.05) is 18.5 Å². The number of carbonyl (C=O) groups excluding carboxylic acids is 2. The minimum atomic E-state index is -1.09. The van der Waals surface area contributed by atoms with Crippen LogP contribution in [0.5, 0.6) is 0 Å². The van der Waals surface area contributed by atoms with E-state index in [0.717, 1.165) is 6.42 Å². The van der Waals surface area contributed by atoms with E-state index in [0.29, 0.717) is 32.0 Å². The molecule has 0 bridgehead atoms. The third-order valence-corrected chi connectivity index (χ3v) is 7.02. The molecule has 1 aliphatic carbocycles. The fourth-order valence-corrected chi connectivity index (χ4v) is 4.60. The molecular weight excluding hydrogens is 425 g/mol. The maximum Gasteiger partial charge on any atom is 0.457 e. The molecule has 1 saturated heterocycles. The number of rotatable bonds is 9. The van der Waals surface area contributed by atoms with E-state index in [-0.39, 0.29) is 42.1 Å². The van der Waals surface area contributed by atoms with E-state index in [1.807, 2.05) is 48.5 Å². The second-order valence-electron chi connectivity index (χ2n) is 11.6. The standard InChI is InChI=1S/C23H42BN3O6/c1-15(28)26-23(18(29)27-20(2,3)4,16-13-17(14-16)25-19(30)31)11-9-10-12-24-32-21(5,6)22(7,8)33-24/h16-17,25H,9-14H2,1-8H3,(H,26,28)(H,27,29)(H,30,31)/t16?,17?,23-/m1/s1. The van der Waals surface area contributed by atoms with E-state index in [1.165, 1.54) is 6.92 Å². The maximum atomic E-state index is 13.5. The van der Waals surface area contributed by atoms with Crippen LogP contribution in [0, 0.1) is 5.92 Å². The van der Waals surface area contributed by atoms with Gasteiger partial charge in [-0.05, 0) is 80.0 Å². The summed E-state index contributed by atoms with van der Waals surface area (Å²) < 4.78 is 12.1. The summed E-state index contributed by atoms with van der Waals surface area (Å²) in [5.74, 6) is -0.656. The SMILES string of the molecule is CC(=O)N[C@@](CCCCB1OC(C)(C)C(C)(C)O1)(C(=O)NC(C)(C)C)C1CC(NC(=O)O)C1. The van der Waals surface area contributed by atoms with Crippen LogP contribution in [0.1, 0.15) is 87.5 Å². The molecule has 0 aromatic rings. The van der Waals surface area contributed by atoms with Crippen LogP contribution in [0.15, 0.2) is 0 Å². The molecule has 0 unspecified atom stereocenters. The first kappa shape index (κ1) is 27.4. The van der Waals surface area contributed by atoms with Gasteiger partial charge in [-0.1, -0.05) is 12.8 Å². The van der Waals surface area contributed by atoms with Crippen molar-refractivity contribution in [1.82, 2.24) is 16.0 Å². The van der Waals surface area contributed by atoms with Crippen LogP contribution < -0.4 is 16.0 Å². The highest BCUT2D eigenvalue weighted by atomic mass is 16.7. The zero-order valence-electron chi connectivity index (χ0n) is 21.5. The Labute approximate surface area is 198 Å². The van der Waals surface area contributed by atoms with E-state index in [4.69, 9.17) is 14.4 Å². The van der Waals surface area contributed by atoms with Crippen molar-refractivity contribution in [2.45, 2.75) is 122 Å². The Balaban J connectivity index is 2.10. The number of carboxylic acid groups (broad SMARTS) is 1. The second kappa shape index (κ2) is 9.82. The lowest BCUT2D eigenvalue weighted by atomic mass is 9.65. The van der Waals surface area contributed by atoms with Crippen molar-refractivity contribution in [3.63, 3.8) is 0 Å². The monoisotopic (exact) mass is 467 g/mol. The molecule has 1 atom stereocenters. The smallest absolute Gasteiger partial charge is 0.457 e. The van der Waals surface area contributed by atoms with E-state index in [9.17, 15) is 14.4 Å². The molecule has 0 aromatic carbocycles. The lowest BCUT2D eigenvalue weighted by Gasteiger charge is -2.48. The predicted molar refractivity (Wildman–Crippen MR) is 127 cm³/mol. The van der Waals surface area contributed by atoms with E-state index in [1.54, 1.807) is 0 Å². The topological polar surface area (TPSA) is 126 Å². The van der Waals surface area contributed by atoms with E-state index < -0.39 is 17.2 Å². The molecule has 1 aliphatic heterocycles. The summed E-state index contributed by atoms with van der Waals surface area (Å²) >= 11 is 0. The molecular formula is C23H42BN3O6. The first-order valence-corrected chi connectivity index (χ1v) is 11.9. The van der Waals surface area contributed by atoms with Gasteiger partial charge in [0.15, 0.2) is 0 Å². The van der Waals surface area contributed by atoms with Gasteiger partial charge in [0.05, 0.1) is 11.2 Å². The van der Waals surface area contributed by atoms with Gasteiger partial charge in [-0.25, -0.2) is 4.79 Å². The maximum absolute atomic E-state index is 13.5. The van der Waals surface area contributed by atoms with Gasteiger partial charge in [-0.3, -0.25) is 9.59 Å². The molecule has 2 aliphatic rings. The molecule has 0 spiro atoms. The van der Waals surface area contributed by atoms with Crippen molar-refractivity contribution >= 4 is 25.0 Å². The van der Waals surface area contributed by atoms with Crippen molar-refractivity contribution in [2.24, 2.45) is 5.92 Å². The zero-order chi connectivity index (χ0) is 25.2. The summed E-state index contributed by atoms with van der Waals surface area (Å²) in [6, 6.07) is -0.215. The Morgan fingerprint density at radius 1 is 1.00 bits per heavy atom. The number of hydrogen-bond acceptors (Lipinski definition) is 5. The number of amides is 3. The van der Waals surface area contributed by atoms with Gasteiger partial charge < -0.3 is 30.4 Å². The highest BCUT2D eigenvalue weighted by molar-refractivity contribution is 6.45. The molecule has 188 valence electrons. The summed E-state index contributed by atoms with van der Waals surface area (Å²) in [6.45, 7) is 15.2. The van der Waals surface area contributed by atoms with E-state index in [2.05, 4.69) is 16.0 Å². The molecule has 0 aromatic heterocycles. The highest BCUT2D eigenvalue weighted by Crippen LogP contribution is 2.41. The highest BCUT2D eigenvalue weighted by Gasteiger charge is 2.53. The number of carbonyl (C=O) groups is 3. The lowest BCUT2D eigenvalue weighted by molar-refractivity contribution is -0.139. The predicted octanol–water partition coefficient (Wildman–Crippen LogP) is 3.08. The van der Waals surface area contributed by atoms with Crippen LogP contribution >= 0.6 is 0 Å². The molecule has 9 nitrogen and oxygen atoms in total. The largest absolute Gasteiger partial charge is 0.465 e. The Morgan fingerprint density at radius 2 is 1.55 bits per heavy atom. The fraction of sp³-hybridized carbons (Fsp3) is 0.870. The summed E-state index contributed by atoms with van der Waals surface area (Å²) in [6.07, 6.45) is 2.53. The van der Waals surface area contributed by atoms with Gasteiger partial charge >= 0.3 is 13.2 Å². The average molecular weight is 467 g/mol. The van der Waals surface area contributed by atoms with Gasteiger partial charge in [-0.15, -0.1) is 0 Å². The van der Waals surface area contributed by atoms with Gasteiger partial charge in [-0.2, -0.15) is 0 Å². The van der Waals surface area contributed by atoms with Crippen LogP contribution in [0.3, 0.4) is 0 Å². The molecule has 1 heterocycles. The van der Waals surface area contributed by atoms with Crippen LogP contribution in [0.25, 0.3) is 0 Å². The number of unbranched alkanes of at least 4 members (excludes halogenated alkanes) is 1. The van der Waals surface area contributed by atoms with Crippen molar-refractivity contribution in [3.8, 4) is 0 Å². The average Bonchev–Trinajstić information content (AvgIpc) is 2.78. The van der Waals surface area contributed by atoms with Gasteiger partial charge in [0.1, 0.15) is 5.54 Å². The van der Waals surface area contributed by atoms with Crippen LogP contribution in [0.4, 0.5) is 4.79 Å². The Hall–Kier alpha value is -1.81. The van der Waals surface area contributed by atoms with Crippen molar-refractivity contribution < 1.29 is 28.8 Å². The summed E-state index contributed by atoms with van der Waals surface area (Å²) in [4.78, 5) is 36.7. The van der Waals surface area contributed by atoms with Crippen LogP contribution in [-0.4, -0.2) is 58.5 Å². The summed E-state index contributed by atoms with van der Waals surface area (Å²) in [5, 5.41) is 17.5. The molecule has 0 radical (unpaired) electrons. The molecule has 3 amide bonds. The quantitative estimate of drug-likeness (QED) is 0.305. The Morgan fingerprint density at radius 3 is 2.00 bits per heavy atom. The van der Waals surface area contributed by atoms with Crippen molar-refractivity contribution in [1.29, 1.82) is 0 Å². The lowest BCUT2D eigenvalue weighted by Crippen LogP contribution is -2.68. The van der Waals surface area contributed by atoms with Crippen molar-refractivity contribution in [2.75, 3.05) is 0 Å². The molecule has 2 rings (SSSR count). The molecule has 33 heavy (non-hydrogen) atoms. The second-order valence-corrected chi connectivity index (χ2v) is 11.6. The Kier molecular flexibility index (Phi) is 8.17. The minimum absolute atomic E-state index is 0.155. The number of hydrogen-bond donors (Lipinski definition) is 4. The number of nitrogens with one attached hydrogen (secondary N) is 3. The normalized spacial score (nSPS) is 25.5.